The number of likely N-dealkylation sites (N-methyl/N-ethyl adjacent to an activating group) is 1. The smallest absolute Gasteiger partial charge is 0.321 e. The maximum atomic E-state index is 11.9. The molecule has 0 unspecified atom stereocenters. The van der Waals surface area contributed by atoms with Crippen LogP contribution in [-0.2, 0) is 16.1 Å². The molecule has 8 nitrogen and oxygen atoms in total. The molecule has 0 aliphatic carbocycles. The lowest BCUT2D eigenvalue weighted by Gasteiger charge is -2.24. The third kappa shape index (κ3) is 8.33. The van der Waals surface area contributed by atoms with Crippen molar-refractivity contribution < 1.29 is 18.8 Å². The molecule has 1 aromatic heterocycles. The molecule has 1 rings (SSSR count). The zero-order valence-electron chi connectivity index (χ0n) is 14.6. The maximum Gasteiger partial charge on any atom is 0.321 e. The van der Waals surface area contributed by atoms with Gasteiger partial charge in [-0.05, 0) is 39.4 Å². The monoisotopic (exact) mass is 338 g/mol. The number of carbonyl (C=O) groups excluding carboxylic acids is 3. The lowest BCUT2D eigenvalue weighted by Crippen LogP contribution is -2.49. The Kier molecular flexibility index (Phi) is 7.44. The highest BCUT2D eigenvalue weighted by Gasteiger charge is 2.18. The summed E-state index contributed by atoms with van der Waals surface area (Å²) in [7, 11) is 0. The minimum atomic E-state index is -0.605. The molecule has 1 aromatic rings. The largest absolute Gasteiger partial charge is 0.467 e. The summed E-state index contributed by atoms with van der Waals surface area (Å²) in [5.41, 5.74) is -0.329. The van der Waals surface area contributed by atoms with E-state index in [0.29, 0.717) is 12.3 Å². The first kappa shape index (κ1) is 19.7. The van der Waals surface area contributed by atoms with E-state index in [1.807, 2.05) is 27.7 Å². The SMILES string of the molecule is CCN(CC(=O)NC(=O)NCc1ccco1)CC(=O)NC(C)(C)C. The molecule has 0 bridgehead atoms. The van der Waals surface area contributed by atoms with Gasteiger partial charge in [-0.1, -0.05) is 6.92 Å². The van der Waals surface area contributed by atoms with E-state index in [1.165, 1.54) is 6.26 Å². The van der Waals surface area contributed by atoms with Gasteiger partial charge in [0.05, 0.1) is 25.9 Å². The molecule has 0 saturated carbocycles. The molecule has 0 aliphatic rings. The Morgan fingerprint density at radius 2 is 1.83 bits per heavy atom. The summed E-state index contributed by atoms with van der Waals surface area (Å²) in [4.78, 5) is 37.1. The van der Waals surface area contributed by atoms with Crippen molar-refractivity contribution >= 4 is 17.8 Å². The zero-order valence-corrected chi connectivity index (χ0v) is 14.6. The summed E-state index contributed by atoms with van der Waals surface area (Å²) < 4.78 is 5.07. The Morgan fingerprint density at radius 3 is 2.38 bits per heavy atom. The summed E-state index contributed by atoms with van der Waals surface area (Å²) in [5, 5.41) is 7.57. The predicted octanol–water partition coefficient (Wildman–Crippen LogP) is 0.842. The molecule has 0 radical (unpaired) electrons. The van der Waals surface area contributed by atoms with Crippen molar-refractivity contribution in [1.82, 2.24) is 20.9 Å². The quantitative estimate of drug-likeness (QED) is 0.683. The Bertz CT molecular complexity index is 549. The molecule has 0 aromatic carbocycles. The summed E-state index contributed by atoms with van der Waals surface area (Å²) in [6.45, 7) is 8.26. The van der Waals surface area contributed by atoms with Crippen molar-refractivity contribution in [2.75, 3.05) is 19.6 Å². The van der Waals surface area contributed by atoms with Crippen molar-refractivity contribution in [1.29, 1.82) is 0 Å². The van der Waals surface area contributed by atoms with E-state index in [-0.39, 0.29) is 31.1 Å². The van der Waals surface area contributed by atoms with Crippen molar-refractivity contribution in [2.45, 2.75) is 39.8 Å². The molecule has 8 heteroatoms. The van der Waals surface area contributed by atoms with Gasteiger partial charge in [-0.25, -0.2) is 4.79 Å². The predicted molar refractivity (Wildman–Crippen MR) is 89.1 cm³/mol. The van der Waals surface area contributed by atoms with Crippen LogP contribution in [0.5, 0.6) is 0 Å². The molecule has 0 atom stereocenters. The van der Waals surface area contributed by atoms with Crippen LogP contribution in [0.1, 0.15) is 33.5 Å². The van der Waals surface area contributed by atoms with Crippen LogP contribution in [0, 0.1) is 0 Å². The van der Waals surface area contributed by atoms with Gasteiger partial charge in [-0.2, -0.15) is 0 Å². The molecule has 0 saturated heterocycles. The maximum absolute atomic E-state index is 11.9. The normalized spacial score (nSPS) is 11.2. The highest BCUT2D eigenvalue weighted by Crippen LogP contribution is 1.99. The first-order valence-corrected chi connectivity index (χ1v) is 7.83. The fourth-order valence-electron chi connectivity index (χ4n) is 1.93. The van der Waals surface area contributed by atoms with E-state index in [9.17, 15) is 14.4 Å². The number of amides is 4. The van der Waals surface area contributed by atoms with Crippen LogP contribution in [-0.4, -0.2) is 47.9 Å². The van der Waals surface area contributed by atoms with Gasteiger partial charge >= 0.3 is 6.03 Å². The van der Waals surface area contributed by atoms with Gasteiger partial charge < -0.3 is 15.1 Å². The van der Waals surface area contributed by atoms with E-state index in [2.05, 4.69) is 16.0 Å². The number of urea groups is 1. The number of hydrogen-bond donors (Lipinski definition) is 3. The lowest BCUT2D eigenvalue weighted by atomic mass is 10.1. The fraction of sp³-hybridized carbons (Fsp3) is 0.562. The van der Waals surface area contributed by atoms with Crippen molar-refractivity contribution in [2.24, 2.45) is 0 Å². The molecule has 4 amide bonds. The molecule has 1 heterocycles. The first-order valence-electron chi connectivity index (χ1n) is 7.83. The van der Waals surface area contributed by atoms with Crippen LogP contribution in [0.25, 0.3) is 0 Å². The summed E-state index contributed by atoms with van der Waals surface area (Å²) >= 11 is 0. The Labute approximate surface area is 141 Å². The van der Waals surface area contributed by atoms with Crippen LogP contribution >= 0.6 is 0 Å². The molecular weight excluding hydrogens is 312 g/mol. The molecular formula is C16H26N4O4. The number of carbonyl (C=O) groups is 3. The molecule has 134 valence electrons. The second-order valence-electron chi connectivity index (χ2n) is 6.41. The average Bonchev–Trinajstić information content (AvgIpc) is 2.95. The summed E-state index contributed by atoms with van der Waals surface area (Å²) in [6, 6.07) is 2.82. The Hall–Kier alpha value is -2.35. The average molecular weight is 338 g/mol. The Balaban J connectivity index is 2.35. The van der Waals surface area contributed by atoms with E-state index in [0.717, 1.165) is 0 Å². The van der Waals surface area contributed by atoms with Crippen LogP contribution in [0.15, 0.2) is 22.8 Å². The van der Waals surface area contributed by atoms with Crippen LogP contribution in [0.4, 0.5) is 4.79 Å². The number of hydrogen-bond acceptors (Lipinski definition) is 5. The van der Waals surface area contributed by atoms with Crippen LogP contribution in [0.2, 0.25) is 0 Å². The number of nitrogens with zero attached hydrogens (tertiary/aromatic N) is 1. The van der Waals surface area contributed by atoms with Gasteiger partial charge in [-0.3, -0.25) is 19.8 Å². The molecule has 3 N–H and O–H groups in total. The molecule has 0 aliphatic heterocycles. The van der Waals surface area contributed by atoms with Gasteiger partial charge in [0.2, 0.25) is 11.8 Å². The summed E-state index contributed by atoms with van der Waals surface area (Å²) in [5.74, 6) is -0.0524. The molecule has 0 fully saturated rings. The van der Waals surface area contributed by atoms with Crippen LogP contribution < -0.4 is 16.0 Å². The molecule has 24 heavy (non-hydrogen) atoms. The minimum Gasteiger partial charge on any atom is -0.467 e. The number of nitrogens with one attached hydrogen (secondary N) is 3. The highest BCUT2D eigenvalue weighted by atomic mass is 16.3. The van der Waals surface area contributed by atoms with Crippen molar-refractivity contribution in [3.8, 4) is 0 Å². The van der Waals surface area contributed by atoms with Gasteiger partial charge in [-0.15, -0.1) is 0 Å². The number of rotatable bonds is 7. The third-order valence-corrected chi connectivity index (χ3v) is 2.95. The van der Waals surface area contributed by atoms with Crippen LogP contribution in [0.3, 0.4) is 0 Å². The van der Waals surface area contributed by atoms with E-state index < -0.39 is 11.9 Å². The lowest BCUT2D eigenvalue weighted by molar-refractivity contribution is -0.125. The van der Waals surface area contributed by atoms with Gasteiger partial charge in [0, 0.05) is 5.54 Å². The van der Waals surface area contributed by atoms with E-state index >= 15 is 0 Å². The number of furan rings is 1. The Morgan fingerprint density at radius 1 is 1.17 bits per heavy atom. The summed E-state index contributed by atoms with van der Waals surface area (Å²) in [6.07, 6.45) is 1.50. The second kappa shape index (κ2) is 9.07. The van der Waals surface area contributed by atoms with Gasteiger partial charge in [0.25, 0.3) is 0 Å². The number of imide groups is 1. The van der Waals surface area contributed by atoms with E-state index in [4.69, 9.17) is 4.42 Å². The second-order valence-corrected chi connectivity index (χ2v) is 6.41. The first-order chi connectivity index (χ1) is 11.2. The minimum absolute atomic E-state index is 0.0394. The van der Waals surface area contributed by atoms with Crippen molar-refractivity contribution in [3.63, 3.8) is 0 Å². The highest BCUT2D eigenvalue weighted by molar-refractivity contribution is 5.95. The van der Waals surface area contributed by atoms with E-state index in [1.54, 1.807) is 17.0 Å². The zero-order chi connectivity index (χ0) is 18.2. The fourth-order valence-corrected chi connectivity index (χ4v) is 1.93. The van der Waals surface area contributed by atoms with Crippen molar-refractivity contribution in [3.05, 3.63) is 24.2 Å². The standard InChI is InChI=1S/C16H26N4O4/c1-5-20(11-14(22)19-16(2,3)4)10-13(21)18-15(23)17-9-12-7-6-8-24-12/h6-8H,5,9-11H2,1-4H3,(H,19,22)(H2,17,18,21,23). The van der Waals surface area contributed by atoms with Gasteiger partial charge in [0.15, 0.2) is 0 Å². The van der Waals surface area contributed by atoms with Gasteiger partial charge in [0.1, 0.15) is 5.76 Å². The third-order valence-electron chi connectivity index (χ3n) is 2.95. The topological polar surface area (TPSA) is 104 Å². The molecule has 0 spiro atoms.